The Hall–Kier alpha value is -1.10. The van der Waals surface area contributed by atoms with Gasteiger partial charge in [-0.15, -0.1) is 0 Å². The zero-order chi connectivity index (χ0) is 14.3. The molecule has 0 radical (unpaired) electrons. The highest BCUT2D eigenvalue weighted by atomic mass is 16.5. The maximum atomic E-state index is 5.84. The Labute approximate surface area is 127 Å². The zero-order valence-corrected chi connectivity index (χ0v) is 12.7. The summed E-state index contributed by atoms with van der Waals surface area (Å²) < 4.78 is 11.7. The number of ether oxygens (including phenoxy) is 2. The lowest BCUT2D eigenvalue weighted by Crippen LogP contribution is -2.48. The van der Waals surface area contributed by atoms with Crippen molar-refractivity contribution in [2.75, 3.05) is 45.9 Å². The van der Waals surface area contributed by atoms with Crippen LogP contribution in [0.3, 0.4) is 0 Å². The molecule has 3 rings (SSSR count). The van der Waals surface area contributed by atoms with Crippen molar-refractivity contribution in [1.82, 2.24) is 10.2 Å². The van der Waals surface area contributed by atoms with Crippen LogP contribution >= 0.6 is 0 Å². The van der Waals surface area contributed by atoms with Gasteiger partial charge >= 0.3 is 0 Å². The third-order valence-electron chi connectivity index (χ3n) is 4.32. The molecule has 2 aliphatic rings. The predicted molar refractivity (Wildman–Crippen MR) is 83.7 cm³/mol. The molecular weight excluding hydrogens is 264 g/mol. The number of para-hydroxylation sites is 1. The summed E-state index contributed by atoms with van der Waals surface area (Å²) in [6.45, 7) is 7.06. The van der Waals surface area contributed by atoms with Gasteiger partial charge in [0.25, 0.3) is 0 Å². The van der Waals surface area contributed by atoms with E-state index in [1.807, 2.05) is 30.3 Å². The Morgan fingerprint density at radius 1 is 1.29 bits per heavy atom. The Kier molecular flexibility index (Phi) is 5.49. The molecule has 0 saturated carbocycles. The van der Waals surface area contributed by atoms with E-state index in [1.54, 1.807) is 0 Å². The zero-order valence-electron chi connectivity index (χ0n) is 12.7. The van der Waals surface area contributed by atoms with Gasteiger partial charge in [0.2, 0.25) is 0 Å². The molecule has 1 N–H and O–H groups in total. The molecule has 4 heteroatoms. The molecule has 0 aromatic heterocycles. The second kappa shape index (κ2) is 7.78. The summed E-state index contributed by atoms with van der Waals surface area (Å²) >= 11 is 0. The summed E-state index contributed by atoms with van der Waals surface area (Å²) in [4.78, 5) is 2.54. The lowest BCUT2D eigenvalue weighted by molar-refractivity contribution is -0.0522. The number of morpholine rings is 1. The third kappa shape index (κ3) is 4.70. The fourth-order valence-corrected chi connectivity index (χ4v) is 3.20. The summed E-state index contributed by atoms with van der Waals surface area (Å²) in [6, 6.07) is 9.99. The highest BCUT2D eigenvalue weighted by Crippen LogP contribution is 2.15. The fourth-order valence-electron chi connectivity index (χ4n) is 3.20. The highest BCUT2D eigenvalue weighted by molar-refractivity contribution is 5.20. The van der Waals surface area contributed by atoms with Crippen LogP contribution in [-0.4, -0.2) is 56.9 Å². The first-order chi connectivity index (χ1) is 10.4. The minimum Gasteiger partial charge on any atom is -0.491 e. The quantitative estimate of drug-likeness (QED) is 0.896. The van der Waals surface area contributed by atoms with E-state index in [0.29, 0.717) is 6.61 Å². The molecule has 2 atom stereocenters. The van der Waals surface area contributed by atoms with E-state index in [2.05, 4.69) is 10.2 Å². The van der Waals surface area contributed by atoms with Crippen LogP contribution in [0, 0.1) is 5.92 Å². The number of benzene rings is 1. The van der Waals surface area contributed by atoms with Crippen molar-refractivity contribution in [3.8, 4) is 5.75 Å². The van der Waals surface area contributed by atoms with E-state index in [-0.39, 0.29) is 6.10 Å². The van der Waals surface area contributed by atoms with Gasteiger partial charge in [0, 0.05) is 19.6 Å². The summed E-state index contributed by atoms with van der Waals surface area (Å²) in [6.07, 6.45) is 2.86. The molecule has 0 amide bonds. The van der Waals surface area contributed by atoms with Crippen LogP contribution in [0.1, 0.15) is 12.8 Å². The molecule has 1 aromatic rings. The number of nitrogens with one attached hydrogen (secondary N) is 1. The van der Waals surface area contributed by atoms with Crippen molar-refractivity contribution in [3.05, 3.63) is 30.3 Å². The van der Waals surface area contributed by atoms with Crippen molar-refractivity contribution in [1.29, 1.82) is 0 Å². The van der Waals surface area contributed by atoms with Crippen LogP contribution in [-0.2, 0) is 4.74 Å². The maximum Gasteiger partial charge on any atom is 0.119 e. The summed E-state index contributed by atoms with van der Waals surface area (Å²) in [7, 11) is 0. The first-order valence-corrected chi connectivity index (χ1v) is 8.12. The minimum atomic E-state index is 0.190. The minimum absolute atomic E-state index is 0.190. The molecule has 2 aliphatic heterocycles. The van der Waals surface area contributed by atoms with Gasteiger partial charge in [-0.05, 0) is 44.0 Å². The first-order valence-electron chi connectivity index (χ1n) is 8.12. The number of hydrogen-bond donors (Lipinski definition) is 1. The predicted octanol–water partition coefficient (Wildman–Crippen LogP) is 1.77. The molecule has 0 aliphatic carbocycles. The lowest BCUT2D eigenvalue weighted by atomic mass is 9.99. The van der Waals surface area contributed by atoms with Crippen LogP contribution in [0.2, 0.25) is 0 Å². The van der Waals surface area contributed by atoms with Gasteiger partial charge in [-0.25, -0.2) is 0 Å². The van der Waals surface area contributed by atoms with Gasteiger partial charge < -0.3 is 14.8 Å². The monoisotopic (exact) mass is 290 g/mol. The second-order valence-electron chi connectivity index (χ2n) is 6.09. The molecule has 2 fully saturated rings. The van der Waals surface area contributed by atoms with Gasteiger partial charge in [-0.1, -0.05) is 18.2 Å². The van der Waals surface area contributed by atoms with E-state index < -0.39 is 0 Å². The Bertz CT molecular complexity index is 407. The molecule has 1 aromatic carbocycles. The van der Waals surface area contributed by atoms with Crippen molar-refractivity contribution in [3.63, 3.8) is 0 Å². The largest absolute Gasteiger partial charge is 0.491 e. The SMILES string of the molecule is c1ccc(OCC2CN(CC3CCCNC3)CCO2)cc1. The average Bonchev–Trinajstić information content (AvgIpc) is 2.55. The molecule has 21 heavy (non-hydrogen) atoms. The molecule has 0 bridgehead atoms. The number of hydrogen-bond acceptors (Lipinski definition) is 4. The second-order valence-corrected chi connectivity index (χ2v) is 6.09. The van der Waals surface area contributed by atoms with Crippen molar-refractivity contribution in [2.24, 2.45) is 5.92 Å². The molecule has 4 nitrogen and oxygen atoms in total. The van der Waals surface area contributed by atoms with Crippen LogP contribution in [0.15, 0.2) is 30.3 Å². The number of rotatable bonds is 5. The third-order valence-corrected chi connectivity index (χ3v) is 4.32. The van der Waals surface area contributed by atoms with Gasteiger partial charge in [-0.2, -0.15) is 0 Å². The molecule has 116 valence electrons. The molecule has 2 heterocycles. The van der Waals surface area contributed by atoms with Crippen molar-refractivity contribution >= 4 is 0 Å². The Morgan fingerprint density at radius 2 is 2.19 bits per heavy atom. The smallest absolute Gasteiger partial charge is 0.119 e. The van der Waals surface area contributed by atoms with Crippen LogP contribution in [0.25, 0.3) is 0 Å². The van der Waals surface area contributed by atoms with Gasteiger partial charge in [0.15, 0.2) is 0 Å². The van der Waals surface area contributed by atoms with Crippen molar-refractivity contribution < 1.29 is 9.47 Å². The topological polar surface area (TPSA) is 33.7 Å². The normalized spacial score (nSPS) is 27.4. The number of piperidine rings is 1. The molecule has 0 spiro atoms. The molecule has 2 unspecified atom stereocenters. The van der Waals surface area contributed by atoms with Crippen molar-refractivity contribution in [2.45, 2.75) is 18.9 Å². The standard InChI is InChI=1S/C17H26N2O2/c1-2-6-16(7-3-1)21-14-17-13-19(9-10-20-17)12-15-5-4-8-18-11-15/h1-3,6-7,15,17-18H,4-5,8-14H2. The summed E-state index contributed by atoms with van der Waals surface area (Å²) in [5, 5.41) is 3.50. The first kappa shape index (κ1) is 14.8. The maximum absolute atomic E-state index is 5.84. The molecule has 2 saturated heterocycles. The Morgan fingerprint density at radius 3 is 3.00 bits per heavy atom. The highest BCUT2D eigenvalue weighted by Gasteiger charge is 2.24. The van der Waals surface area contributed by atoms with E-state index in [4.69, 9.17) is 9.47 Å². The fraction of sp³-hybridized carbons (Fsp3) is 0.647. The summed E-state index contributed by atoms with van der Waals surface area (Å²) in [5.41, 5.74) is 0. The Balaban J connectivity index is 1.42. The van der Waals surface area contributed by atoms with E-state index in [0.717, 1.165) is 31.4 Å². The van der Waals surface area contributed by atoms with Crippen LogP contribution in [0.5, 0.6) is 5.75 Å². The molecular formula is C17H26N2O2. The van der Waals surface area contributed by atoms with E-state index in [9.17, 15) is 0 Å². The average molecular weight is 290 g/mol. The van der Waals surface area contributed by atoms with Crippen LogP contribution in [0.4, 0.5) is 0 Å². The van der Waals surface area contributed by atoms with E-state index in [1.165, 1.54) is 32.5 Å². The van der Waals surface area contributed by atoms with E-state index >= 15 is 0 Å². The van der Waals surface area contributed by atoms with Gasteiger partial charge in [-0.3, -0.25) is 4.90 Å². The van der Waals surface area contributed by atoms with Crippen LogP contribution < -0.4 is 10.1 Å². The summed E-state index contributed by atoms with van der Waals surface area (Å²) in [5.74, 6) is 1.72. The van der Waals surface area contributed by atoms with Gasteiger partial charge in [0.1, 0.15) is 18.5 Å². The lowest BCUT2D eigenvalue weighted by Gasteiger charge is -2.36. The van der Waals surface area contributed by atoms with Gasteiger partial charge in [0.05, 0.1) is 6.61 Å². The number of nitrogens with zero attached hydrogens (tertiary/aromatic N) is 1.